The van der Waals surface area contributed by atoms with Crippen molar-refractivity contribution in [2.24, 2.45) is 5.92 Å². The van der Waals surface area contributed by atoms with Crippen LogP contribution < -0.4 is 15.4 Å². The van der Waals surface area contributed by atoms with Crippen LogP contribution in [0.4, 0.5) is 4.39 Å². The molecule has 31 heavy (non-hydrogen) atoms. The molecule has 0 saturated heterocycles. The molecule has 1 aliphatic heterocycles. The SMILES string of the molecule is CC(C)COc1ccc(CNC(=O)C2=C(NCc3ccc(F)cc3)CCN(C)C2)cc1. The minimum absolute atomic E-state index is 0.0618. The average Bonchev–Trinajstić information content (AvgIpc) is 2.77. The first-order valence-corrected chi connectivity index (χ1v) is 10.8. The summed E-state index contributed by atoms with van der Waals surface area (Å²) in [4.78, 5) is 15.1. The molecule has 1 amide bonds. The first kappa shape index (κ1) is 22.8. The molecule has 5 nitrogen and oxygen atoms in total. The molecule has 166 valence electrons. The van der Waals surface area contributed by atoms with Crippen molar-refractivity contribution in [3.63, 3.8) is 0 Å². The molecule has 0 fully saturated rings. The van der Waals surface area contributed by atoms with Crippen LogP contribution in [-0.4, -0.2) is 37.6 Å². The predicted molar refractivity (Wildman–Crippen MR) is 121 cm³/mol. The number of carbonyl (C=O) groups excluding carboxylic acids is 1. The number of ether oxygens (including phenoxy) is 1. The fourth-order valence-corrected chi connectivity index (χ4v) is 3.37. The number of nitrogens with one attached hydrogen (secondary N) is 2. The van der Waals surface area contributed by atoms with Crippen LogP contribution in [0, 0.1) is 11.7 Å². The van der Waals surface area contributed by atoms with E-state index < -0.39 is 0 Å². The minimum Gasteiger partial charge on any atom is -0.493 e. The van der Waals surface area contributed by atoms with Crippen molar-refractivity contribution in [3.05, 3.63) is 76.7 Å². The lowest BCUT2D eigenvalue weighted by Gasteiger charge is -2.28. The summed E-state index contributed by atoms with van der Waals surface area (Å²) in [6, 6.07) is 14.2. The number of benzene rings is 2. The fraction of sp³-hybridized carbons (Fsp3) is 0.400. The summed E-state index contributed by atoms with van der Waals surface area (Å²) in [5, 5.41) is 6.43. The van der Waals surface area contributed by atoms with Gasteiger partial charge in [-0.3, -0.25) is 4.79 Å². The second-order valence-electron chi connectivity index (χ2n) is 8.46. The third-order valence-corrected chi connectivity index (χ3v) is 5.19. The largest absolute Gasteiger partial charge is 0.493 e. The molecule has 0 aliphatic carbocycles. The van der Waals surface area contributed by atoms with E-state index in [4.69, 9.17) is 4.74 Å². The van der Waals surface area contributed by atoms with Crippen LogP contribution in [0.2, 0.25) is 0 Å². The van der Waals surface area contributed by atoms with Gasteiger partial charge in [-0.1, -0.05) is 38.1 Å². The Morgan fingerprint density at radius 1 is 1.06 bits per heavy atom. The van der Waals surface area contributed by atoms with E-state index in [1.165, 1.54) is 12.1 Å². The normalized spacial score (nSPS) is 14.6. The van der Waals surface area contributed by atoms with Gasteiger partial charge in [0, 0.05) is 43.9 Å². The van der Waals surface area contributed by atoms with Gasteiger partial charge in [-0.25, -0.2) is 4.39 Å². The standard InChI is InChI=1S/C25H32FN3O2/c1-18(2)17-31-22-10-6-20(7-11-22)15-28-25(30)23-16-29(3)13-12-24(23)27-14-19-4-8-21(26)9-5-19/h4-11,18,27H,12-17H2,1-3H3,(H,28,30). The topological polar surface area (TPSA) is 53.6 Å². The number of hydrogen-bond donors (Lipinski definition) is 2. The van der Waals surface area contributed by atoms with E-state index >= 15 is 0 Å². The minimum atomic E-state index is -0.248. The van der Waals surface area contributed by atoms with Gasteiger partial charge >= 0.3 is 0 Å². The van der Waals surface area contributed by atoms with E-state index in [0.717, 1.165) is 41.1 Å². The number of amides is 1. The summed E-state index contributed by atoms with van der Waals surface area (Å²) in [5.74, 6) is 1.01. The van der Waals surface area contributed by atoms with Crippen LogP contribution in [0.1, 0.15) is 31.4 Å². The Morgan fingerprint density at radius 3 is 2.39 bits per heavy atom. The highest BCUT2D eigenvalue weighted by Crippen LogP contribution is 2.17. The lowest BCUT2D eigenvalue weighted by atomic mass is 10.0. The summed E-state index contributed by atoms with van der Waals surface area (Å²) >= 11 is 0. The molecule has 2 aromatic rings. The van der Waals surface area contributed by atoms with Crippen LogP contribution in [0.15, 0.2) is 59.8 Å². The van der Waals surface area contributed by atoms with Crippen LogP contribution in [0.5, 0.6) is 5.75 Å². The second-order valence-corrected chi connectivity index (χ2v) is 8.46. The molecule has 0 atom stereocenters. The molecule has 6 heteroatoms. The molecule has 0 spiro atoms. The van der Waals surface area contributed by atoms with Crippen LogP contribution in [0.25, 0.3) is 0 Å². The molecule has 2 aromatic carbocycles. The van der Waals surface area contributed by atoms with E-state index in [-0.39, 0.29) is 11.7 Å². The van der Waals surface area contributed by atoms with Gasteiger partial charge in [0.25, 0.3) is 5.91 Å². The van der Waals surface area contributed by atoms with E-state index in [0.29, 0.717) is 32.2 Å². The van der Waals surface area contributed by atoms with Crippen LogP contribution >= 0.6 is 0 Å². The van der Waals surface area contributed by atoms with Gasteiger partial charge in [-0.15, -0.1) is 0 Å². The van der Waals surface area contributed by atoms with Crippen molar-refractivity contribution in [2.45, 2.75) is 33.4 Å². The van der Waals surface area contributed by atoms with Crippen molar-refractivity contribution < 1.29 is 13.9 Å². The molecular weight excluding hydrogens is 393 g/mol. The van der Waals surface area contributed by atoms with Crippen molar-refractivity contribution in [3.8, 4) is 5.75 Å². The summed E-state index contributed by atoms with van der Waals surface area (Å²) in [6.45, 7) is 7.43. The highest BCUT2D eigenvalue weighted by molar-refractivity contribution is 5.94. The zero-order valence-corrected chi connectivity index (χ0v) is 18.6. The molecule has 0 radical (unpaired) electrons. The van der Waals surface area contributed by atoms with Crippen LogP contribution in [-0.2, 0) is 17.9 Å². The first-order valence-electron chi connectivity index (χ1n) is 10.8. The number of rotatable bonds is 9. The molecule has 0 unspecified atom stereocenters. The maximum absolute atomic E-state index is 13.1. The highest BCUT2D eigenvalue weighted by atomic mass is 19.1. The van der Waals surface area contributed by atoms with Gasteiger partial charge in [-0.2, -0.15) is 0 Å². The third-order valence-electron chi connectivity index (χ3n) is 5.19. The van der Waals surface area contributed by atoms with E-state index in [1.807, 2.05) is 31.3 Å². The van der Waals surface area contributed by atoms with Gasteiger partial charge in [-0.05, 0) is 48.4 Å². The molecule has 0 aromatic heterocycles. The van der Waals surface area contributed by atoms with E-state index in [1.54, 1.807) is 12.1 Å². The van der Waals surface area contributed by atoms with Gasteiger partial charge < -0.3 is 20.3 Å². The molecule has 1 heterocycles. The van der Waals surface area contributed by atoms with Gasteiger partial charge in [0.05, 0.1) is 6.61 Å². The average molecular weight is 426 g/mol. The Kier molecular flexibility index (Phi) is 8.06. The van der Waals surface area contributed by atoms with Crippen molar-refractivity contribution in [2.75, 3.05) is 26.7 Å². The van der Waals surface area contributed by atoms with Crippen molar-refractivity contribution in [1.29, 1.82) is 0 Å². The number of hydrogen-bond acceptors (Lipinski definition) is 4. The lowest BCUT2D eigenvalue weighted by Crippen LogP contribution is -2.38. The van der Waals surface area contributed by atoms with Gasteiger partial charge in [0.2, 0.25) is 0 Å². The number of nitrogens with zero attached hydrogens (tertiary/aromatic N) is 1. The maximum atomic E-state index is 13.1. The van der Waals surface area contributed by atoms with Crippen molar-refractivity contribution >= 4 is 5.91 Å². The molecular formula is C25H32FN3O2. The highest BCUT2D eigenvalue weighted by Gasteiger charge is 2.22. The van der Waals surface area contributed by atoms with Gasteiger partial charge in [0.1, 0.15) is 11.6 Å². The lowest BCUT2D eigenvalue weighted by molar-refractivity contribution is -0.118. The Balaban J connectivity index is 1.59. The van der Waals surface area contributed by atoms with E-state index in [9.17, 15) is 9.18 Å². The second kappa shape index (κ2) is 11.0. The number of halogens is 1. The summed E-state index contributed by atoms with van der Waals surface area (Å²) < 4.78 is 18.8. The van der Waals surface area contributed by atoms with Crippen LogP contribution in [0.3, 0.4) is 0 Å². The first-order chi connectivity index (χ1) is 14.9. The maximum Gasteiger partial charge on any atom is 0.250 e. The number of likely N-dealkylation sites (N-methyl/N-ethyl adjacent to an activating group) is 1. The zero-order chi connectivity index (χ0) is 22.2. The smallest absolute Gasteiger partial charge is 0.250 e. The Labute approximate surface area is 184 Å². The molecule has 3 rings (SSSR count). The van der Waals surface area contributed by atoms with Crippen molar-refractivity contribution in [1.82, 2.24) is 15.5 Å². The molecule has 0 saturated carbocycles. The number of carbonyl (C=O) groups is 1. The summed E-state index contributed by atoms with van der Waals surface area (Å²) in [5.41, 5.74) is 3.72. The predicted octanol–water partition coefficient (Wildman–Crippen LogP) is 3.86. The monoisotopic (exact) mass is 425 g/mol. The quantitative estimate of drug-likeness (QED) is 0.641. The third kappa shape index (κ3) is 7.10. The zero-order valence-electron chi connectivity index (χ0n) is 18.6. The Hall–Kier alpha value is -2.86. The molecule has 0 bridgehead atoms. The molecule has 1 aliphatic rings. The molecule has 2 N–H and O–H groups in total. The summed E-state index contributed by atoms with van der Waals surface area (Å²) in [6.07, 6.45) is 0.780. The fourth-order valence-electron chi connectivity index (χ4n) is 3.37. The Morgan fingerprint density at radius 2 is 1.71 bits per heavy atom. The van der Waals surface area contributed by atoms with E-state index in [2.05, 4.69) is 29.4 Å². The van der Waals surface area contributed by atoms with Gasteiger partial charge in [0.15, 0.2) is 0 Å². The Bertz CT molecular complexity index is 892. The summed E-state index contributed by atoms with van der Waals surface area (Å²) in [7, 11) is 2.01.